The molecule has 0 N–H and O–H groups in total. The van der Waals surface area contributed by atoms with Crippen molar-refractivity contribution < 1.29 is 4.79 Å². The summed E-state index contributed by atoms with van der Waals surface area (Å²) in [6.07, 6.45) is 3.65. The lowest BCUT2D eigenvalue weighted by Gasteiger charge is -2.25. The van der Waals surface area contributed by atoms with Crippen LogP contribution >= 0.6 is 27.3 Å². The third-order valence-electron chi connectivity index (χ3n) is 4.25. The molecule has 1 aromatic heterocycles. The van der Waals surface area contributed by atoms with Gasteiger partial charge in [-0.15, -0.1) is 11.3 Å². The quantitative estimate of drug-likeness (QED) is 0.791. The maximum Gasteiger partial charge on any atom is 0.254 e. The molecule has 2 aliphatic rings. The molecule has 2 saturated heterocycles. The summed E-state index contributed by atoms with van der Waals surface area (Å²) < 4.78 is 1.03. The van der Waals surface area contributed by atoms with E-state index in [0.29, 0.717) is 12.1 Å². The molecule has 0 spiro atoms. The van der Waals surface area contributed by atoms with E-state index in [0.717, 1.165) is 28.9 Å². The first-order valence-electron chi connectivity index (χ1n) is 6.40. The first-order valence-corrected chi connectivity index (χ1v) is 8.07. The highest BCUT2D eigenvalue weighted by atomic mass is 79.9. The van der Waals surface area contributed by atoms with Crippen molar-refractivity contribution >= 4 is 33.2 Å². The molecule has 2 aliphatic heterocycles. The van der Waals surface area contributed by atoms with E-state index in [9.17, 15) is 4.79 Å². The summed E-state index contributed by atoms with van der Waals surface area (Å²) in [4.78, 5) is 16.9. The second kappa shape index (κ2) is 4.94. The van der Waals surface area contributed by atoms with Crippen LogP contribution in [0.15, 0.2) is 15.2 Å². The zero-order valence-electron chi connectivity index (χ0n) is 10.4. The maximum atomic E-state index is 12.4. The Morgan fingerprint density at radius 1 is 1.39 bits per heavy atom. The third kappa shape index (κ3) is 2.24. The van der Waals surface area contributed by atoms with Gasteiger partial charge in [0.2, 0.25) is 0 Å². The van der Waals surface area contributed by atoms with Crippen LogP contribution in [0.2, 0.25) is 0 Å². The summed E-state index contributed by atoms with van der Waals surface area (Å²) in [5.74, 6) is 0.193. The Bertz CT molecular complexity index is 462. The van der Waals surface area contributed by atoms with Crippen molar-refractivity contribution in [1.82, 2.24) is 9.80 Å². The first kappa shape index (κ1) is 12.6. The van der Waals surface area contributed by atoms with Crippen LogP contribution in [-0.4, -0.2) is 47.9 Å². The minimum Gasteiger partial charge on any atom is -0.337 e. The van der Waals surface area contributed by atoms with Gasteiger partial charge in [-0.25, -0.2) is 0 Å². The molecule has 2 fully saturated rings. The Kier molecular flexibility index (Phi) is 3.47. The van der Waals surface area contributed by atoms with Crippen molar-refractivity contribution in [1.29, 1.82) is 0 Å². The van der Waals surface area contributed by atoms with Crippen LogP contribution in [0.25, 0.3) is 0 Å². The van der Waals surface area contributed by atoms with Gasteiger partial charge in [0, 0.05) is 30.6 Å². The third-order valence-corrected chi connectivity index (χ3v) is 5.75. The van der Waals surface area contributed by atoms with E-state index in [2.05, 4.69) is 27.9 Å². The van der Waals surface area contributed by atoms with Gasteiger partial charge in [-0.05, 0) is 48.3 Å². The normalized spacial score (nSPS) is 28.4. The Morgan fingerprint density at radius 2 is 2.17 bits per heavy atom. The van der Waals surface area contributed by atoms with Gasteiger partial charge < -0.3 is 4.90 Å². The lowest BCUT2D eigenvalue weighted by molar-refractivity contribution is 0.0741. The Morgan fingerprint density at radius 3 is 2.89 bits per heavy atom. The van der Waals surface area contributed by atoms with Crippen molar-refractivity contribution in [2.24, 2.45) is 0 Å². The number of hydrogen-bond acceptors (Lipinski definition) is 3. The number of halogens is 1. The van der Waals surface area contributed by atoms with Gasteiger partial charge in [-0.1, -0.05) is 0 Å². The molecule has 0 aromatic carbocycles. The highest BCUT2D eigenvalue weighted by Crippen LogP contribution is 2.29. The van der Waals surface area contributed by atoms with Crippen molar-refractivity contribution in [2.75, 3.05) is 20.1 Å². The van der Waals surface area contributed by atoms with Crippen molar-refractivity contribution in [2.45, 2.75) is 31.3 Å². The molecule has 3 nitrogen and oxygen atoms in total. The summed E-state index contributed by atoms with van der Waals surface area (Å²) in [6, 6.07) is 3.17. The topological polar surface area (TPSA) is 23.6 Å². The number of thiophene rings is 1. The molecule has 98 valence electrons. The summed E-state index contributed by atoms with van der Waals surface area (Å²) in [5.41, 5.74) is 0.826. The predicted octanol–water partition coefficient (Wildman–Crippen LogP) is 2.82. The summed E-state index contributed by atoms with van der Waals surface area (Å²) >= 11 is 5.00. The van der Waals surface area contributed by atoms with Gasteiger partial charge >= 0.3 is 0 Å². The second-order valence-corrected chi connectivity index (χ2v) is 7.52. The van der Waals surface area contributed by atoms with Crippen LogP contribution in [0.1, 0.15) is 29.6 Å². The van der Waals surface area contributed by atoms with Gasteiger partial charge in [0.25, 0.3) is 5.91 Å². The fourth-order valence-electron chi connectivity index (χ4n) is 3.10. The second-order valence-electron chi connectivity index (χ2n) is 5.23. The fourth-order valence-corrected chi connectivity index (χ4v) is 4.23. The van der Waals surface area contributed by atoms with E-state index in [1.54, 1.807) is 11.3 Å². The van der Waals surface area contributed by atoms with Gasteiger partial charge in [0.1, 0.15) is 0 Å². The molecular formula is C13H17BrN2OS. The summed E-state index contributed by atoms with van der Waals surface area (Å²) in [6.45, 7) is 1.79. The van der Waals surface area contributed by atoms with Crippen molar-refractivity contribution in [3.05, 3.63) is 20.8 Å². The van der Waals surface area contributed by atoms with E-state index in [4.69, 9.17) is 0 Å². The van der Waals surface area contributed by atoms with Gasteiger partial charge in [-0.3, -0.25) is 9.69 Å². The molecule has 1 amide bonds. The number of likely N-dealkylation sites (N-methyl/N-ethyl adjacent to an activating group) is 1. The zero-order valence-corrected chi connectivity index (χ0v) is 12.8. The van der Waals surface area contributed by atoms with Crippen LogP contribution in [-0.2, 0) is 0 Å². The molecule has 18 heavy (non-hydrogen) atoms. The van der Waals surface area contributed by atoms with E-state index >= 15 is 0 Å². The number of amides is 1. The van der Waals surface area contributed by atoms with Gasteiger partial charge in [0.05, 0.1) is 9.35 Å². The highest BCUT2D eigenvalue weighted by Gasteiger charge is 2.36. The Hall–Kier alpha value is -0.390. The van der Waals surface area contributed by atoms with Crippen LogP contribution in [0.5, 0.6) is 0 Å². The van der Waals surface area contributed by atoms with Crippen LogP contribution in [0.3, 0.4) is 0 Å². The molecule has 0 aliphatic carbocycles. The van der Waals surface area contributed by atoms with E-state index in [1.165, 1.54) is 12.8 Å². The molecule has 2 unspecified atom stereocenters. The van der Waals surface area contributed by atoms with Gasteiger partial charge in [-0.2, -0.15) is 0 Å². The summed E-state index contributed by atoms with van der Waals surface area (Å²) in [7, 11) is 2.21. The Balaban J connectivity index is 1.75. The molecule has 3 rings (SSSR count). The number of likely N-dealkylation sites (tertiary alicyclic amines) is 1. The van der Waals surface area contributed by atoms with Crippen LogP contribution in [0.4, 0.5) is 0 Å². The summed E-state index contributed by atoms with van der Waals surface area (Å²) in [5, 5.41) is 1.94. The monoisotopic (exact) mass is 328 g/mol. The number of carbonyl (C=O) groups is 1. The number of hydrogen-bond donors (Lipinski definition) is 0. The molecular weight excluding hydrogens is 312 g/mol. The average Bonchev–Trinajstić information content (AvgIpc) is 2.84. The number of carbonyl (C=O) groups excluding carboxylic acids is 1. The van der Waals surface area contributed by atoms with E-state index in [-0.39, 0.29) is 5.91 Å². The molecule has 0 radical (unpaired) electrons. The number of nitrogens with zero attached hydrogens (tertiary/aromatic N) is 2. The van der Waals surface area contributed by atoms with Crippen molar-refractivity contribution in [3.8, 4) is 0 Å². The predicted molar refractivity (Wildman–Crippen MR) is 77.1 cm³/mol. The molecule has 2 bridgehead atoms. The van der Waals surface area contributed by atoms with Gasteiger partial charge in [0.15, 0.2) is 0 Å². The minimum absolute atomic E-state index is 0.193. The lowest BCUT2D eigenvalue weighted by atomic mass is 10.1. The largest absolute Gasteiger partial charge is 0.337 e. The van der Waals surface area contributed by atoms with Crippen molar-refractivity contribution in [3.63, 3.8) is 0 Å². The zero-order chi connectivity index (χ0) is 12.7. The standard InChI is InChI=1S/C13H17BrN2OS/c1-15-10-2-3-11(15)7-16(5-4-10)13(17)9-6-12(14)18-8-9/h6,8,10-11H,2-5,7H2,1H3. The molecule has 5 heteroatoms. The first-order chi connectivity index (χ1) is 8.65. The average molecular weight is 329 g/mol. The fraction of sp³-hybridized carbons (Fsp3) is 0.615. The maximum absolute atomic E-state index is 12.4. The van der Waals surface area contributed by atoms with Crippen LogP contribution < -0.4 is 0 Å². The molecule has 0 saturated carbocycles. The highest BCUT2D eigenvalue weighted by molar-refractivity contribution is 9.11. The molecule has 1 aromatic rings. The van der Waals surface area contributed by atoms with E-state index < -0.39 is 0 Å². The SMILES string of the molecule is CN1C2CCC1CN(C(=O)c1csc(Br)c1)CC2. The minimum atomic E-state index is 0.193. The van der Waals surface area contributed by atoms with Crippen LogP contribution in [0, 0.1) is 0 Å². The smallest absolute Gasteiger partial charge is 0.254 e. The van der Waals surface area contributed by atoms with E-state index in [1.807, 2.05) is 16.3 Å². The molecule has 2 atom stereocenters. The number of rotatable bonds is 1. The lowest BCUT2D eigenvalue weighted by Crippen LogP contribution is -2.39. The Labute approximate surface area is 120 Å². The number of fused-ring (bicyclic) bond motifs is 2. The molecule has 3 heterocycles.